The van der Waals surface area contributed by atoms with Gasteiger partial charge in [0.25, 0.3) is 0 Å². The van der Waals surface area contributed by atoms with Crippen molar-refractivity contribution < 1.29 is 10.2 Å². The largest absolute Gasteiger partial charge is 0.387 e. The van der Waals surface area contributed by atoms with Crippen LogP contribution in [-0.4, -0.2) is 21.4 Å². The van der Waals surface area contributed by atoms with Gasteiger partial charge in [-0.15, -0.1) is 6.58 Å². The van der Waals surface area contributed by atoms with Crippen molar-refractivity contribution in [3.8, 4) is 0 Å². The molecule has 0 aliphatic carbocycles. The van der Waals surface area contributed by atoms with E-state index in [-0.39, 0.29) is 0 Å². The SMILES string of the molecule is C=CC(C)(O)C(C)(C)O. The molecule has 0 heterocycles. The predicted molar refractivity (Wildman–Crippen MR) is 37.1 cm³/mol. The first-order valence-electron chi connectivity index (χ1n) is 2.89. The van der Waals surface area contributed by atoms with Crippen LogP contribution in [0.2, 0.25) is 0 Å². The van der Waals surface area contributed by atoms with Crippen LogP contribution in [0, 0.1) is 0 Å². The maximum atomic E-state index is 9.29. The van der Waals surface area contributed by atoms with E-state index in [1.54, 1.807) is 0 Å². The molecule has 0 fully saturated rings. The van der Waals surface area contributed by atoms with Gasteiger partial charge in [0.1, 0.15) is 5.60 Å². The lowest BCUT2D eigenvalue weighted by Crippen LogP contribution is -2.45. The first-order chi connectivity index (χ1) is 3.81. The zero-order valence-corrected chi connectivity index (χ0v) is 6.18. The number of hydrogen-bond donors (Lipinski definition) is 2. The molecule has 0 aliphatic heterocycles. The van der Waals surface area contributed by atoms with Gasteiger partial charge in [0.15, 0.2) is 0 Å². The number of hydrogen-bond acceptors (Lipinski definition) is 2. The molecule has 1 unspecified atom stereocenters. The molecular formula is C7H14O2. The van der Waals surface area contributed by atoms with Gasteiger partial charge < -0.3 is 10.2 Å². The van der Waals surface area contributed by atoms with Crippen LogP contribution in [0.1, 0.15) is 20.8 Å². The van der Waals surface area contributed by atoms with Crippen molar-refractivity contribution in [2.45, 2.75) is 32.0 Å². The van der Waals surface area contributed by atoms with E-state index in [9.17, 15) is 10.2 Å². The summed E-state index contributed by atoms with van der Waals surface area (Å²) in [7, 11) is 0. The molecule has 0 spiro atoms. The summed E-state index contributed by atoms with van der Waals surface area (Å²) in [4.78, 5) is 0. The topological polar surface area (TPSA) is 40.5 Å². The van der Waals surface area contributed by atoms with E-state index in [2.05, 4.69) is 6.58 Å². The Balaban J connectivity index is 4.32. The van der Waals surface area contributed by atoms with Gasteiger partial charge in [0.2, 0.25) is 0 Å². The summed E-state index contributed by atoms with van der Waals surface area (Å²) < 4.78 is 0. The van der Waals surface area contributed by atoms with Crippen molar-refractivity contribution in [3.63, 3.8) is 0 Å². The van der Waals surface area contributed by atoms with Crippen molar-refractivity contribution in [3.05, 3.63) is 12.7 Å². The number of aliphatic hydroxyl groups is 2. The van der Waals surface area contributed by atoms with Crippen molar-refractivity contribution in [2.24, 2.45) is 0 Å². The average Bonchev–Trinajstić information content (AvgIpc) is 1.64. The van der Waals surface area contributed by atoms with Gasteiger partial charge in [-0.25, -0.2) is 0 Å². The van der Waals surface area contributed by atoms with Gasteiger partial charge in [-0.3, -0.25) is 0 Å². The molecule has 0 radical (unpaired) electrons. The lowest BCUT2D eigenvalue weighted by molar-refractivity contribution is -0.0880. The first kappa shape index (κ1) is 8.66. The summed E-state index contributed by atoms with van der Waals surface area (Å²) >= 11 is 0. The fraction of sp³-hybridized carbons (Fsp3) is 0.714. The van der Waals surface area contributed by atoms with Crippen LogP contribution >= 0.6 is 0 Å². The standard InChI is InChI=1S/C7H14O2/c1-5-7(4,9)6(2,3)8/h5,8-9H,1H2,2-4H3. The smallest absolute Gasteiger partial charge is 0.108 e. The Hall–Kier alpha value is -0.340. The molecule has 0 aromatic heterocycles. The molecule has 9 heavy (non-hydrogen) atoms. The molecule has 0 aliphatic rings. The Bertz CT molecular complexity index is 109. The number of rotatable bonds is 2. The van der Waals surface area contributed by atoms with Crippen LogP contribution in [0.5, 0.6) is 0 Å². The molecule has 0 rings (SSSR count). The molecule has 2 nitrogen and oxygen atoms in total. The molecule has 0 aromatic rings. The predicted octanol–water partition coefficient (Wildman–Crippen LogP) is 0.694. The van der Waals surface area contributed by atoms with Crippen molar-refractivity contribution >= 4 is 0 Å². The fourth-order valence-electron chi connectivity index (χ4n) is 0.250. The second-order valence-corrected chi connectivity index (χ2v) is 2.91. The zero-order valence-electron chi connectivity index (χ0n) is 6.18. The zero-order chi connectivity index (χ0) is 7.71. The highest BCUT2D eigenvalue weighted by Gasteiger charge is 2.34. The van der Waals surface area contributed by atoms with Crippen molar-refractivity contribution in [2.75, 3.05) is 0 Å². The second-order valence-electron chi connectivity index (χ2n) is 2.91. The monoisotopic (exact) mass is 130 g/mol. The van der Waals surface area contributed by atoms with E-state index in [0.717, 1.165) is 0 Å². The summed E-state index contributed by atoms with van der Waals surface area (Å²) in [5.41, 5.74) is -2.32. The molecule has 2 heteroatoms. The molecule has 1 atom stereocenters. The third-order valence-corrected chi connectivity index (χ3v) is 1.64. The van der Waals surface area contributed by atoms with Crippen LogP contribution in [0.4, 0.5) is 0 Å². The average molecular weight is 130 g/mol. The van der Waals surface area contributed by atoms with Gasteiger partial charge in [0, 0.05) is 0 Å². The summed E-state index contributed by atoms with van der Waals surface area (Å²) in [6, 6.07) is 0. The highest BCUT2D eigenvalue weighted by atomic mass is 16.3. The first-order valence-corrected chi connectivity index (χ1v) is 2.89. The van der Waals surface area contributed by atoms with Gasteiger partial charge in [-0.1, -0.05) is 6.08 Å². The van der Waals surface area contributed by atoms with E-state index < -0.39 is 11.2 Å². The third-order valence-electron chi connectivity index (χ3n) is 1.64. The third kappa shape index (κ3) is 1.80. The lowest BCUT2D eigenvalue weighted by atomic mass is 9.88. The van der Waals surface area contributed by atoms with E-state index in [0.29, 0.717) is 0 Å². The van der Waals surface area contributed by atoms with Crippen LogP contribution < -0.4 is 0 Å². The van der Waals surface area contributed by atoms with E-state index in [1.807, 2.05) is 0 Å². The Morgan fingerprint density at radius 2 is 1.56 bits per heavy atom. The van der Waals surface area contributed by atoms with Crippen molar-refractivity contribution in [1.29, 1.82) is 0 Å². The maximum Gasteiger partial charge on any atom is 0.108 e. The molecule has 0 saturated heterocycles. The van der Waals surface area contributed by atoms with Crippen molar-refractivity contribution in [1.82, 2.24) is 0 Å². The quantitative estimate of drug-likeness (QED) is 0.540. The highest BCUT2D eigenvalue weighted by Crippen LogP contribution is 2.21. The summed E-state index contributed by atoms with van der Waals surface area (Å²) in [5, 5.41) is 18.5. The minimum atomic E-state index is -1.20. The Kier molecular flexibility index (Phi) is 2.04. The highest BCUT2D eigenvalue weighted by molar-refractivity contribution is 5.02. The normalized spacial score (nSPS) is 18.8. The van der Waals surface area contributed by atoms with Crippen LogP contribution in [0.3, 0.4) is 0 Å². The molecule has 0 saturated carbocycles. The Labute approximate surface area is 55.8 Å². The Morgan fingerprint density at radius 1 is 1.22 bits per heavy atom. The molecule has 0 aromatic carbocycles. The van der Waals surface area contributed by atoms with Gasteiger partial charge in [-0.2, -0.15) is 0 Å². The second kappa shape index (κ2) is 2.12. The summed E-state index contributed by atoms with van der Waals surface area (Å²) in [5.74, 6) is 0. The molecule has 0 amide bonds. The minimum absolute atomic E-state index is 1.12. The van der Waals surface area contributed by atoms with E-state index in [4.69, 9.17) is 0 Å². The van der Waals surface area contributed by atoms with Crippen LogP contribution in [0.15, 0.2) is 12.7 Å². The Morgan fingerprint density at radius 3 is 1.56 bits per heavy atom. The molecule has 54 valence electrons. The molecular weight excluding hydrogens is 116 g/mol. The fourth-order valence-corrected chi connectivity index (χ4v) is 0.250. The van der Waals surface area contributed by atoms with E-state index >= 15 is 0 Å². The molecule has 2 N–H and O–H groups in total. The van der Waals surface area contributed by atoms with Crippen LogP contribution in [0.25, 0.3) is 0 Å². The minimum Gasteiger partial charge on any atom is -0.387 e. The maximum absolute atomic E-state index is 9.29. The molecule has 0 bridgehead atoms. The lowest BCUT2D eigenvalue weighted by Gasteiger charge is -2.32. The van der Waals surface area contributed by atoms with E-state index in [1.165, 1.54) is 26.8 Å². The van der Waals surface area contributed by atoms with Gasteiger partial charge in [0.05, 0.1) is 5.60 Å². The van der Waals surface area contributed by atoms with Crippen LogP contribution in [-0.2, 0) is 0 Å². The van der Waals surface area contributed by atoms with Gasteiger partial charge in [-0.05, 0) is 20.8 Å². The summed E-state index contributed by atoms with van der Waals surface area (Å²) in [6.45, 7) is 7.98. The summed E-state index contributed by atoms with van der Waals surface area (Å²) in [6.07, 6.45) is 1.33. The van der Waals surface area contributed by atoms with Gasteiger partial charge >= 0.3 is 0 Å².